The van der Waals surface area contributed by atoms with Crippen molar-refractivity contribution in [2.45, 2.75) is 6.92 Å². The van der Waals surface area contributed by atoms with Crippen LogP contribution in [0.5, 0.6) is 5.75 Å². The molecule has 7 heteroatoms. The third kappa shape index (κ3) is 4.18. The predicted octanol–water partition coefficient (Wildman–Crippen LogP) is 3.75. The summed E-state index contributed by atoms with van der Waals surface area (Å²) < 4.78 is 5.35. The number of piperazine rings is 1. The Morgan fingerprint density at radius 3 is 2.55 bits per heavy atom. The molecular formula is C22H25N5O2. The van der Waals surface area contributed by atoms with Gasteiger partial charge in [-0.05, 0) is 30.2 Å². The molecule has 0 unspecified atom stereocenters. The van der Waals surface area contributed by atoms with E-state index in [0.29, 0.717) is 24.5 Å². The van der Waals surface area contributed by atoms with Gasteiger partial charge in [0.2, 0.25) is 0 Å². The lowest BCUT2D eigenvalue weighted by Gasteiger charge is -2.34. The second-order valence-corrected chi connectivity index (χ2v) is 7.11. The molecule has 3 aromatic rings. The average molecular weight is 391 g/mol. The fraction of sp³-hybridized carbons (Fsp3) is 0.273. The fourth-order valence-electron chi connectivity index (χ4n) is 3.49. The highest BCUT2D eigenvalue weighted by Crippen LogP contribution is 2.26. The minimum atomic E-state index is -0.111. The Balaban J connectivity index is 1.37. The monoisotopic (exact) mass is 391 g/mol. The number of benzene rings is 2. The number of rotatable bonds is 4. The lowest BCUT2D eigenvalue weighted by molar-refractivity contribution is 0.208. The van der Waals surface area contributed by atoms with Crippen molar-refractivity contribution in [3.05, 3.63) is 60.2 Å². The van der Waals surface area contributed by atoms with Gasteiger partial charge in [0.05, 0.1) is 18.5 Å². The number of hydrogen-bond donors (Lipinski definition) is 2. The van der Waals surface area contributed by atoms with Gasteiger partial charge in [0.15, 0.2) is 5.82 Å². The Morgan fingerprint density at radius 1 is 1.07 bits per heavy atom. The van der Waals surface area contributed by atoms with Gasteiger partial charge in [-0.25, -0.2) is 4.79 Å². The molecule has 7 nitrogen and oxygen atoms in total. The average Bonchev–Trinajstić information content (AvgIpc) is 3.25. The van der Waals surface area contributed by atoms with Gasteiger partial charge in [-0.2, -0.15) is 5.10 Å². The molecule has 150 valence electrons. The van der Waals surface area contributed by atoms with Crippen LogP contribution in [-0.2, 0) is 0 Å². The highest BCUT2D eigenvalue weighted by atomic mass is 16.5. The van der Waals surface area contributed by atoms with E-state index in [1.165, 1.54) is 0 Å². The Kier molecular flexibility index (Phi) is 5.37. The Hall–Kier alpha value is -3.48. The number of carbonyl (C=O) groups excluding carboxylic acids is 1. The highest BCUT2D eigenvalue weighted by molar-refractivity contribution is 5.91. The molecule has 0 atom stereocenters. The minimum absolute atomic E-state index is 0.111. The maximum Gasteiger partial charge on any atom is 0.322 e. The molecule has 2 N–H and O–H groups in total. The van der Waals surface area contributed by atoms with E-state index in [1.807, 2.05) is 48.2 Å². The topological polar surface area (TPSA) is 73.5 Å². The lowest BCUT2D eigenvalue weighted by atomic mass is 10.1. The first-order valence-corrected chi connectivity index (χ1v) is 9.70. The second-order valence-electron chi connectivity index (χ2n) is 7.11. The van der Waals surface area contributed by atoms with Crippen molar-refractivity contribution in [1.29, 1.82) is 0 Å². The number of methoxy groups -OCH3 is 1. The van der Waals surface area contributed by atoms with Crippen LogP contribution in [0.3, 0.4) is 0 Å². The number of ether oxygens (including phenoxy) is 1. The van der Waals surface area contributed by atoms with E-state index < -0.39 is 0 Å². The van der Waals surface area contributed by atoms with Crippen molar-refractivity contribution in [3.63, 3.8) is 0 Å². The van der Waals surface area contributed by atoms with Crippen LogP contribution in [0.25, 0.3) is 11.3 Å². The first-order valence-electron chi connectivity index (χ1n) is 9.70. The number of carbonyl (C=O) groups is 1. The summed E-state index contributed by atoms with van der Waals surface area (Å²) in [6.07, 6.45) is 0. The molecular weight excluding hydrogens is 366 g/mol. The molecule has 0 saturated carbocycles. The standard InChI is InChI=1S/C22H25N5O2/c1-16-8-9-20(29-2)19(14-16)23-22(28)27-12-10-26(11-13-27)21-15-18(24-25-21)17-6-4-3-5-7-17/h3-9,14-15H,10-13H2,1-2H3,(H,23,28)(H,24,25). The summed E-state index contributed by atoms with van der Waals surface area (Å²) in [5.74, 6) is 1.57. The first kappa shape index (κ1) is 18.9. The van der Waals surface area contributed by atoms with Gasteiger partial charge in [0, 0.05) is 32.2 Å². The maximum atomic E-state index is 12.7. The van der Waals surface area contributed by atoms with Crippen LogP contribution in [0.2, 0.25) is 0 Å². The van der Waals surface area contributed by atoms with Crippen molar-refractivity contribution in [2.75, 3.05) is 43.5 Å². The zero-order chi connectivity index (χ0) is 20.2. The molecule has 0 aliphatic carbocycles. The minimum Gasteiger partial charge on any atom is -0.495 e. The number of nitrogens with zero attached hydrogens (tertiary/aromatic N) is 3. The number of hydrogen-bond acceptors (Lipinski definition) is 4. The third-order valence-corrected chi connectivity index (χ3v) is 5.14. The van der Waals surface area contributed by atoms with Crippen LogP contribution in [0.4, 0.5) is 16.3 Å². The number of aromatic amines is 1. The van der Waals surface area contributed by atoms with Gasteiger partial charge in [0.25, 0.3) is 0 Å². The van der Waals surface area contributed by atoms with E-state index in [2.05, 4.69) is 38.6 Å². The molecule has 29 heavy (non-hydrogen) atoms. The Morgan fingerprint density at radius 2 is 1.83 bits per heavy atom. The summed E-state index contributed by atoms with van der Waals surface area (Å²) in [7, 11) is 1.60. The molecule has 1 aliphatic heterocycles. The molecule has 2 aromatic carbocycles. The molecule has 0 bridgehead atoms. The summed E-state index contributed by atoms with van der Waals surface area (Å²) in [6, 6.07) is 17.8. The third-order valence-electron chi connectivity index (χ3n) is 5.14. The summed E-state index contributed by atoms with van der Waals surface area (Å²) >= 11 is 0. The van der Waals surface area contributed by atoms with Crippen molar-refractivity contribution in [1.82, 2.24) is 15.1 Å². The summed E-state index contributed by atoms with van der Waals surface area (Å²) in [6.45, 7) is 4.72. The second kappa shape index (κ2) is 8.26. The number of nitrogens with one attached hydrogen (secondary N) is 2. The van der Waals surface area contributed by atoms with Crippen LogP contribution in [0, 0.1) is 6.92 Å². The first-order chi connectivity index (χ1) is 14.1. The Bertz CT molecular complexity index is 978. The maximum absolute atomic E-state index is 12.7. The molecule has 2 amide bonds. The fourth-order valence-corrected chi connectivity index (χ4v) is 3.49. The van der Waals surface area contributed by atoms with Gasteiger partial charge in [-0.1, -0.05) is 36.4 Å². The van der Waals surface area contributed by atoms with E-state index in [0.717, 1.165) is 35.7 Å². The van der Waals surface area contributed by atoms with Crippen molar-refractivity contribution in [2.24, 2.45) is 0 Å². The van der Waals surface area contributed by atoms with E-state index in [1.54, 1.807) is 7.11 Å². The molecule has 1 saturated heterocycles. The number of anilines is 2. The molecule has 0 radical (unpaired) electrons. The van der Waals surface area contributed by atoms with E-state index in [4.69, 9.17) is 4.74 Å². The summed E-state index contributed by atoms with van der Waals surface area (Å²) in [5.41, 5.74) is 3.86. The van der Waals surface area contributed by atoms with Crippen molar-refractivity contribution in [3.8, 4) is 17.0 Å². The summed E-state index contributed by atoms with van der Waals surface area (Å²) in [5, 5.41) is 10.5. The van der Waals surface area contributed by atoms with Crippen LogP contribution < -0.4 is 15.0 Å². The number of urea groups is 1. The van der Waals surface area contributed by atoms with Crippen molar-refractivity contribution < 1.29 is 9.53 Å². The van der Waals surface area contributed by atoms with Gasteiger partial charge in [-0.3, -0.25) is 5.10 Å². The predicted molar refractivity (Wildman–Crippen MR) is 115 cm³/mol. The number of amides is 2. The van der Waals surface area contributed by atoms with Crippen LogP contribution in [0.1, 0.15) is 5.56 Å². The molecule has 1 fully saturated rings. The van der Waals surface area contributed by atoms with Gasteiger partial charge in [-0.15, -0.1) is 0 Å². The molecule has 2 heterocycles. The Labute approximate surface area is 170 Å². The normalized spacial score (nSPS) is 14.0. The van der Waals surface area contributed by atoms with Crippen LogP contribution in [0.15, 0.2) is 54.6 Å². The molecule has 0 spiro atoms. The molecule has 4 rings (SSSR count). The van der Waals surface area contributed by atoms with E-state index in [-0.39, 0.29) is 6.03 Å². The molecule has 1 aliphatic rings. The van der Waals surface area contributed by atoms with Crippen molar-refractivity contribution >= 4 is 17.5 Å². The van der Waals surface area contributed by atoms with Crippen LogP contribution >= 0.6 is 0 Å². The lowest BCUT2D eigenvalue weighted by Crippen LogP contribution is -2.50. The largest absolute Gasteiger partial charge is 0.495 e. The SMILES string of the molecule is COc1ccc(C)cc1NC(=O)N1CCN(c2cc(-c3ccccc3)[nH]n2)CC1. The number of H-pyrrole nitrogens is 1. The van der Waals surface area contributed by atoms with Crippen LogP contribution in [-0.4, -0.2) is 54.4 Å². The smallest absolute Gasteiger partial charge is 0.322 e. The van der Waals surface area contributed by atoms with E-state index in [9.17, 15) is 4.79 Å². The highest BCUT2D eigenvalue weighted by Gasteiger charge is 2.23. The van der Waals surface area contributed by atoms with Gasteiger partial charge < -0.3 is 19.9 Å². The molecule has 1 aromatic heterocycles. The summed E-state index contributed by atoms with van der Waals surface area (Å²) in [4.78, 5) is 16.7. The zero-order valence-corrected chi connectivity index (χ0v) is 16.7. The quantitative estimate of drug-likeness (QED) is 0.710. The van der Waals surface area contributed by atoms with Gasteiger partial charge in [0.1, 0.15) is 5.75 Å². The number of aryl methyl sites for hydroxylation is 1. The zero-order valence-electron chi connectivity index (χ0n) is 16.7. The number of aromatic nitrogens is 2. The van der Waals surface area contributed by atoms with E-state index >= 15 is 0 Å². The van der Waals surface area contributed by atoms with Gasteiger partial charge >= 0.3 is 6.03 Å².